The number of aromatic nitrogens is 1. The maximum atomic E-state index is 8.90. The zero-order valence-electron chi connectivity index (χ0n) is 10.2. The smallest absolute Gasteiger partial charge is 0.101 e. The molecule has 0 radical (unpaired) electrons. The van der Waals surface area contributed by atoms with Crippen LogP contribution in [0.5, 0.6) is 0 Å². The van der Waals surface area contributed by atoms with Gasteiger partial charge in [0.05, 0.1) is 6.07 Å². The number of nitrogens with one attached hydrogen (secondary N) is 2. The molecule has 17 heavy (non-hydrogen) atoms. The van der Waals surface area contributed by atoms with E-state index >= 15 is 0 Å². The van der Waals surface area contributed by atoms with E-state index in [1.807, 2.05) is 32.2 Å². The third-order valence-electron chi connectivity index (χ3n) is 2.92. The van der Waals surface area contributed by atoms with Gasteiger partial charge in [-0.1, -0.05) is 18.2 Å². The van der Waals surface area contributed by atoms with Gasteiger partial charge in [0.15, 0.2) is 0 Å². The average Bonchev–Trinajstić information content (AvgIpc) is 2.73. The minimum Gasteiger partial charge on any atom is -0.361 e. The van der Waals surface area contributed by atoms with Crippen LogP contribution in [0.25, 0.3) is 10.9 Å². The minimum absolute atomic E-state index is 0.452. The molecule has 2 N–H and O–H groups in total. The quantitative estimate of drug-likeness (QED) is 0.843. The summed E-state index contributed by atoms with van der Waals surface area (Å²) >= 11 is 0. The van der Waals surface area contributed by atoms with Crippen molar-refractivity contribution in [3.63, 3.8) is 0 Å². The van der Waals surface area contributed by atoms with Gasteiger partial charge in [0.1, 0.15) is 5.54 Å². The summed E-state index contributed by atoms with van der Waals surface area (Å²) in [6, 6.07) is 10.5. The molecular weight excluding hydrogens is 210 g/mol. The van der Waals surface area contributed by atoms with Gasteiger partial charge >= 0.3 is 0 Å². The van der Waals surface area contributed by atoms with Crippen LogP contribution < -0.4 is 5.32 Å². The highest BCUT2D eigenvalue weighted by Crippen LogP contribution is 2.17. The van der Waals surface area contributed by atoms with Crippen molar-refractivity contribution in [3.05, 3.63) is 36.0 Å². The molecule has 0 atom stereocenters. The molecule has 1 heterocycles. The molecule has 1 aromatic heterocycles. The number of nitriles is 1. The lowest BCUT2D eigenvalue weighted by atomic mass is 10.1. The predicted octanol–water partition coefficient (Wildman–Crippen LogP) is 2.60. The summed E-state index contributed by atoms with van der Waals surface area (Å²) in [5.74, 6) is 0. The Morgan fingerprint density at radius 2 is 2.12 bits per heavy atom. The number of benzene rings is 1. The molecule has 2 rings (SSSR count). The van der Waals surface area contributed by atoms with Crippen LogP contribution in [0.15, 0.2) is 30.5 Å². The molecule has 0 amide bonds. The lowest BCUT2D eigenvalue weighted by molar-refractivity contribution is 0.490. The first kappa shape index (κ1) is 11.7. The number of fused-ring (bicyclic) bond motifs is 1. The first-order valence-electron chi connectivity index (χ1n) is 5.84. The van der Waals surface area contributed by atoms with Crippen LogP contribution in [-0.4, -0.2) is 17.1 Å². The van der Waals surface area contributed by atoms with Crippen molar-refractivity contribution in [1.82, 2.24) is 10.3 Å². The van der Waals surface area contributed by atoms with E-state index in [-0.39, 0.29) is 0 Å². The summed E-state index contributed by atoms with van der Waals surface area (Å²) in [6.45, 7) is 4.59. The van der Waals surface area contributed by atoms with Crippen LogP contribution in [-0.2, 0) is 6.42 Å². The Morgan fingerprint density at radius 1 is 1.35 bits per heavy atom. The predicted molar refractivity (Wildman–Crippen MR) is 69.7 cm³/mol. The maximum Gasteiger partial charge on any atom is 0.101 e. The van der Waals surface area contributed by atoms with Gasteiger partial charge in [-0.3, -0.25) is 5.32 Å². The molecule has 0 saturated heterocycles. The van der Waals surface area contributed by atoms with Crippen LogP contribution in [0.3, 0.4) is 0 Å². The maximum absolute atomic E-state index is 8.90. The Bertz CT molecular complexity index is 546. The van der Waals surface area contributed by atoms with Crippen molar-refractivity contribution < 1.29 is 0 Å². The second kappa shape index (κ2) is 4.60. The number of rotatable bonds is 4. The second-order valence-electron chi connectivity index (χ2n) is 4.77. The molecule has 0 aliphatic heterocycles. The Labute approximate surface area is 101 Å². The third-order valence-corrected chi connectivity index (χ3v) is 2.92. The van der Waals surface area contributed by atoms with Crippen molar-refractivity contribution in [2.45, 2.75) is 25.8 Å². The van der Waals surface area contributed by atoms with Gasteiger partial charge in [0, 0.05) is 23.6 Å². The fraction of sp³-hybridized carbons (Fsp3) is 0.357. The van der Waals surface area contributed by atoms with E-state index in [1.54, 1.807) is 0 Å². The lowest BCUT2D eigenvalue weighted by Gasteiger charge is -2.16. The number of para-hydroxylation sites is 1. The van der Waals surface area contributed by atoms with Crippen LogP contribution >= 0.6 is 0 Å². The van der Waals surface area contributed by atoms with Crippen molar-refractivity contribution in [2.24, 2.45) is 0 Å². The highest BCUT2D eigenvalue weighted by Gasteiger charge is 2.14. The highest BCUT2D eigenvalue weighted by molar-refractivity contribution is 5.83. The summed E-state index contributed by atoms with van der Waals surface area (Å²) in [4.78, 5) is 3.26. The summed E-state index contributed by atoms with van der Waals surface area (Å²) in [6.07, 6.45) is 2.97. The van der Waals surface area contributed by atoms with E-state index in [0.717, 1.165) is 13.0 Å². The highest BCUT2D eigenvalue weighted by atomic mass is 14.9. The third kappa shape index (κ3) is 2.66. The van der Waals surface area contributed by atoms with Crippen LogP contribution in [0.4, 0.5) is 0 Å². The van der Waals surface area contributed by atoms with E-state index in [1.165, 1.54) is 16.5 Å². The van der Waals surface area contributed by atoms with Crippen LogP contribution in [0.2, 0.25) is 0 Å². The van der Waals surface area contributed by atoms with E-state index < -0.39 is 5.54 Å². The monoisotopic (exact) mass is 227 g/mol. The molecule has 3 nitrogen and oxygen atoms in total. The number of hydrogen-bond acceptors (Lipinski definition) is 2. The first-order chi connectivity index (χ1) is 8.12. The first-order valence-corrected chi connectivity index (χ1v) is 5.84. The molecule has 0 aliphatic carbocycles. The molecule has 2 aromatic rings. The van der Waals surface area contributed by atoms with Crippen molar-refractivity contribution in [3.8, 4) is 6.07 Å². The Kier molecular flexibility index (Phi) is 3.16. The summed E-state index contributed by atoms with van der Waals surface area (Å²) < 4.78 is 0. The molecule has 1 aromatic carbocycles. The molecule has 3 heteroatoms. The average molecular weight is 227 g/mol. The largest absolute Gasteiger partial charge is 0.361 e. The normalized spacial score (nSPS) is 11.6. The summed E-state index contributed by atoms with van der Waals surface area (Å²) in [7, 11) is 0. The van der Waals surface area contributed by atoms with Crippen molar-refractivity contribution >= 4 is 10.9 Å². The summed E-state index contributed by atoms with van der Waals surface area (Å²) in [5, 5.41) is 13.4. The van der Waals surface area contributed by atoms with Gasteiger partial charge in [0.2, 0.25) is 0 Å². The topological polar surface area (TPSA) is 51.6 Å². The van der Waals surface area contributed by atoms with Gasteiger partial charge in [0.25, 0.3) is 0 Å². The summed E-state index contributed by atoms with van der Waals surface area (Å²) in [5.41, 5.74) is 2.01. The lowest BCUT2D eigenvalue weighted by Crippen LogP contribution is -2.38. The number of hydrogen-bond donors (Lipinski definition) is 2. The molecule has 88 valence electrons. The van der Waals surface area contributed by atoms with Crippen LogP contribution in [0.1, 0.15) is 19.4 Å². The fourth-order valence-electron chi connectivity index (χ4n) is 1.89. The van der Waals surface area contributed by atoms with E-state index in [0.29, 0.717) is 0 Å². The number of H-pyrrole nitrogens is 1. The molecule has 0 fully saturated rings. The van der Waals surface area contributed by atoms with Gasteiger partial charge in [-0.15, -0.1) is 0 Å². The molecule has 0 spiro atoms. The zero-order chi connectivity index (χ0) is 12.3. The zero-order valence-corrected chi connectivity index (χ0v) is 10.2. The Hall–Kier alpha value is -1.79. The van der Waals surface area contributed by atoms with Gasteiger partial charge < -0.3 is 4.98 Å². The molecule has 0 unspecified atom stereocenters. The number of aromatic amines is 1. The Morgan fingerprint density at radius 3 is 2.88 bits per heavy atom. The minimum atomic E-state index is -0.452. The van der Waals surface area contributed by atoms with E-state index in [9.17, 15) is 0 Å². The molecular formula is C14H17N3. The Balaban J connectivity index is 2.03. The fourth-order valence-corrected chi connectivity index (χ4v) is 1.89. The molecule has 0 saturated carbocycles. The SMILES string of the molecule is CC(C)(C#N)NCCc1c[nH]c2ccccc12. The number of nitrogens with zero attached hydrogens (tertiary/aromatic N) is 1. The van der Waals surface area contributed by atoms with E-state index in [2.05, 4.69) is 28.5 Å². The molecule has 0 aliphatic rings. The van der Waals surface area contributed by atoms with Gasteiger partial charge in [-0.05, 0) is 31.9 Å². The van der Waals surface area contributed by atoms with Crippen LogP contribution in [0, 0.1) is 11.3 Å². The van der Waals surface area contributed by atoms with Crippen molar-refractivity contribution in [1.29, 1.82) is 5.26 Å². The standard InChI is InChI=1S/C14H17N3/c1-14(2,10-15)17-8-7-11-9-16-13-6-4-3-5-12(11)13/h3-6,9,16-17H,7-8H2,1-2H3. The molecule has 0 bridgehead atoms. The van der Waals surface area contributed by atoms with E-state index in [4.69, 9.17) is 5.26 Å². The van der Waals surface area contributed by atoms with Crippen molar-refractivity contribution in [2.75, 3.05) is 6.54 Å². The van der Waals surface area contributed by atoms with Gasteiger partial charge in [-0.2, -0.15) is 5.26 Å². The van der Waals surface area contributed by atoms with Gasteiger partial charge in [-0.25, -0.2) is 0 Å². The second-order valence-corrected chi connectivity index (χ2v) is 4.77.